The average molecular weight is 301 g/mol. The van der Waals surface area contributed by atoms with Crippen LogP contribution in [-0.4, -0.2) is 40.5 Å². The number of Topliss-reactive ketones (excluding diaryl/α,β-unsaturated/α-hetero) is 1. The number of nitrogens with zero attached hydrogens (tertiary/aromatic N) is 1. The molecule has 1 atom stereocenters. The van der Waals surface area contributed by atoms with Crippen LogP contribution in [0.1, 0.15) is 16.8 Å². The number of thiocarbonyl (C=S) groups is 1. The Kier molecular flexibility index (Phi) is 3.51. The molecule has 4 nitrogen and oxygen atoms in total. The van der Waals surface area contributed by atoms with E-state index in [9.17, 15) is 9.90 Å². The third-order valence-electron chi connectivity index (χ3n) is 3.89. The van der Waals surface area contributed by atoms with Crippen LogP contribution in [0.5, 0.6) is 5.75 Å². The summed E-state index contributed by atoms with van der Waals surface area (Å²) < 4.78 is 5.10. The smallest absolute Gasteiger partial charge is 0.189 e. The first-order valence-corrected chi connectivity index (χ1v) is 7.12. The Balaban J connectivity index is 1.84. The van der Waals surface area contributed by atoms with Crippen LogP contribution in [0.2, 0.25) is 0 Å². The lowest BCUT2D eigenvalue weighted by atomic mass is 10.0. The van der Waals surface area contributed by atoms with Gasteiger partial charge in [-0.05, 0) is 49.0 Å². The van der Waals surface area contributed by atoms with Crippen molar-refractivity contribution in [3.05, 3.63) is 53.3 Å². The minimum atomic E-state index is -0.319. The first kappa shape index (κ1) is 13.8. The van der Waals surface area contributed by atoms with Crippen molar-refractivity contribution < 1.29 is 14.6 Å². The number of benzene rings is 1. The van der Waals surface area contributed by atoms with Crippen molar-refractivity contribution in [2.75, 3.05) is 13.7 Å². The largest absolute Gasteiger partial charge is 0.499 e. The molecular weight excluding hydrogens is 286 g/mol. The van der Waals surface area contributed by atoms with E-state index in [-0.39, 0.29) is 16.9 Å². The summed E-state index contributed by atoms with van der Waals surface area (Å²) in [5, 5.41) is 9.44. The quantitative estimate of drug-likeness (QED) is 0.684. The molecule has 0 aromatic heterocycles. The zero-order valence-corrected chi connectivity index (χ0v) is 12.4. The van der Waals surface area contributed by atoms with Gasteiger partial charge in [-0.2, -0.15) is 0 Å². The minimum absolute atomic E-state index is 0.0361. The van der Waals surface area contributed by atoms with Gasteiger partial charge in [-0.1, -0.05) is 6.08 Å². The molecular formula is C16H15NO3S. The summed E-state index contributed by atoms with van der Waals surface area (Å²) in [6.45, 7) is 0.699. The molecule has 0 bridgehead atoms. The van der Waals surface area contributed by atoms with Gasteiger partial charge in [-0.25, -0.2) is 0 Å². The fourth-order valence-electron chi connectivity index (χ4n) is 2.80. The van der Waals surface area contributed by atoms with E-state index in [0.29, 0.717) is 18.5 Å². The summed E-state index contributed by atoms with van der Waals surface area (Å²) >= 11 is 4.84. The van der Waals surface area contributed by atoms with Gasteiger partial charge in [-0.3, -0.25) is 4.79 Å². The van der Waals surface area contributed by atoms with Crippen molar-refractivity contribution in [1.82, 2.24) is 4.90 Å². The monoisotopic (exact) mass is 301 g/mol. The van der Waals surface area contributed by atoms with E-state index in [1.54, 1.807) is 31.4 Å². The third-order valence-corrected chi connectivity index (χ3v) is 4.14. The van der Waals surface area contributed by atoms with Crippen LogP contribution in [0, 0.1) is 0 Å². The Hall–Kier alpha value is -2.14. The van der Waals surface area contributed by atoms with Crippen molar-refractivity contribution in [3.63, 3.8) is 0 Å². The number of aliphatic hydroxyl groups is 1. The summed E-state index contributed by atoms with van der Waals surface area (Å²) in [5.74, 6) is 0.761. The number of carbonyl (C=O) groups is 1. The highest BCUT2D eigenvalue weighted by Crippen LogP contribution is 2.33. The Morgan fingerprint density at radius 2 is 2.10 bits per heavy atom. The maximum atomic E-state index is 12.6. The molecule has 0 radical (unpaired) electrons. The lowest BCUT2D eigenvalue weighted by Gasteiger charge is -2.22. The Labute approximate surface area is 128 Å². The predicted molar refractivity (Wildman–Crippen MR) is 83.8 cm³/mol. The van der Waals surface area contributed by atoms with E-state index >= 15 is 0 Å². The molecule has 21 heavy (non-hydrogen) atoms. The molecule has 0 fully saturated rings. The van der Waals surface area contributed by atoms with Gasteiger partial charge in [0, 0.05) is 23.4 Å². The summed E-state index contributed by atoms with van der Waals surface area (Å²) in [6.07, 6.45) is 4.41. The van der Waals surface area contributed by atoms with Crippen molar-refractivity contribution in [2.45, 2.75) is 12.5 Å². The third kappa shape index (κ3) is 2.34. The van der Waals surface area contributed by atoms with E-state index in [4.69, 9.17) is 17.0 Å². The standard InChI is InChI=1S/C16H15NO3S/c1-20-11-4-2-10(3-5-11)15(18)14-7-6-13-12(16(19)21)8-9-17(13)14/h2-7,14H,8-9H2,1H3,(H,19,21). The maximum Gasteiger partial charge on any atom is 0.189 e. The second-order valence-corrected chi connectivity index (χ2v) is 5.40. The van der Waals surface area contributed by atoms with Gasteiger partial charge >= 0.3 is 0 Å². The first-order valence-electron chi connectivity index (χ1n) is 6.71. The molecule has 0 saturated heterocycles. The minimum Gasteiger partial charge on any atom is -0.499 e. The molecule has 5 heteroatoms. The fraction of sp³-hybridized carbons (Fsp3) is 0.250. The molecule has 0 saturated carbocycles. The molecule has 0 amide bonds. The van der Waals surface area contributed by atoms with Crippen molar-refractivity contribution >= 4 is 23.1 Å². The maximum absolute atomic E-state index is 12.6. The number of ether oxygens (including phenoxy) is 1. The number of rotatable bonds is 4. The van der Waals surface area contributed by atoms with Gasteiger partial charge in [0.2, 0.25) is 0 Å². The molecule has 2 aliphatic heterocycles. The molecule has 1 unspecified atom stereocenters. The molecule has 1 N–H and O–H groups in total. The zero-order valence-electron chi connectivity index (χ0n) is 11.6. The first-order chi connectivity index (χ1) is 10.1. The van der Waals surface area contributed by atoms with Crippen LogP contribution in [0.15, 0.2) is 47.7 Å². The van der Waals surface area contributed by atoms with Crippen LogP contribution < -0.4 is 4.74 Å². The molecule has 1 aromatic rings. The number of methoxy groups -OCH3 is 1. The summed E-state index contributed by atoms with van der Waals surface area (Å²) in [6, 6.07) is 6.77. The summed E-state index contributed by atoms with van der Waals surface area (Å²) in [4.78, 5) is 14.6. The lowest BCUT2D eigenvalue weighted by Crippen LogP contribution is -2.34. The van der Waals surface area contributed by atoms with Gasteiger partial charge in [0.05, 0.1) is 7.11 Å². The van der Waals surface area contributed by atoms with E-state index in [1.807, 2.05) is 17.1 Å². The second kappa shape index (κ2) is 5.33. The van der Waals surface area contributed by atoms with Gasteiger partial charge in [0.1, 0.15) is 11.8 Å². The Morgan fingerprint density at radius 1 is 1.38 bits per heavy atom. The molecule has 0 spiro atoms. The van der Waals surface area contributed by atoms with Gasteiger partial charge < -0.3 is 14.7 Å². The zero-order chi connectivity index (χ0) is 15.0. The second-order valence-electron chi connectivity index (χ2n) is 5.01. The molecule has 108 valence electrons. The normalized spacial score (nSPS) is 19.9. The average Bonchev–Trinajstić information content (AvgIpc) is 3.07. The Bertz CT molecular complexity index is 661. The van der Waals surface area contributed by atoms with Crippen LogP contribution in [0.25, 0.3) is 0 Å². The van der Waals surface area contributed by atoms with E-state index < -0.39 is 0 Å². The highest BCUT2D eigenvalue weighted by Gasteiger charge is 2.35. The number of hydrogen-bond donors (Lipinski definition) is 1. The molecule has 2 heterocycles. The number of carbonyl (C=O) groups excluding carboxylic acids is 1. The van der Waals surface area contributed by atoms with Crippen LogP contribution in [-0.2, 0) is 0 Å². The van der Waals surface area contributed by atoms with E-state index in [2.05, 4.69) is 0 Å². The number of fused-ring (bicyclic) bond motifs is 1. The van der Waals surface area contributed by atoms with Crippen molar-refractivity contribution in [2.24, 2.45) is 0 Å². The fourth-order valence-corrected chi connectivity index (χ4v) is 3.00. The van der Waals surface area contributed by atoms with Gasteiger partial charge in [-0.15, -0.1) is 0 Å². The Morgan fingerprint density at radius 3 is 2.71 bits per heavy atom. The molecule has 2 aliphatic rings. The topological polar surface area (TPSA) is 49.8 Å². The van der Waals surface area contributed by atoms with Crippen LogP contribution >= 0.6 is 12.2 Å². The highest BCUT2D eigenvalue weighted by atomic mass is 32.1. The van der Waals surface area contributed by atoms with Crippen LogP contribution in [0.3, 0.4) is 0 Å². The lowest BCUT2D eigenvalue weighted by molar-refractivity contribution is 0.0915. The predicted octanol–water partition coefficient (Wildman–Crippen LogP) is 2.66. The van der Waals surface area contributed by atoms with Crippen LogP contribution in [0.4, 0.5) is 0 Å². The number of ketones is 1. The van der Waals surface area contributed by atoms with Crippen molar-refractivity contribution in [1.29, 1.82) is 0 Å². The number of allylic oxidation sites excluding steroid dienone is 1. The SMILES string of the molecule is COc1ccc(C(=O)C2C=CC3=C(C(O)=S)CCN32)cc1. The van der Waals surface area contributed by atoms with Gasteiger partial charge in [0.15, 0.2) is 10.8 Å². The number of aliphatic hydroxyl groups excluding tert-OH is 1. The van der Waals surface area contributed by atoms with E-state index in [1.165, 1.54) is 0 Å². The molecule has 3 rings (SSSR count). The van der Waals surface area contributed by atoms with E-state index in [0.717, 1.165) is 17.0 Å². The number of hydrogen-bond acceptors (Lipinski definition) is 4. The molecule has 1 aromatic carbocycles. The molecule has 0 aliphatic carbocycles. The summed E-state index contributed by atoms with van der Waals surface area (Å²) in [7, 11) is 1.59. The van der Waals surface area contributed by atoms with Crippen molar-refractivity contribution in [3.8, 4) is 5.75 Å². The highest BCUT2D eigenvalue weighted by molar-refractivity contribution is 7.80. The summed E-state index contributed by atoms with van der Waals surface area (Å²) in [5.41, 5.74) is 2.27. The van der Waals surface area contributed by atoms with Gasteiger partial charge in [0.25, 0.3) is 0 Å².